The number of rotatable bonds is 2. The predicted octanol–water partition coefficient (Wildman–Crippen LogP) is 3.82. The molecule has 6 heteroatoms. The van der Waals surface area contributed by atoms with Gasteiger partial charge < -0.3 is 20.7 Å². The number of pyridine rings is 1. The third kappa shape index (κ3) is 3.04. The summed E-state index contributed by atoms with van der Waals surface area (Å²) in [5, 5.41) is 25.1. The summed E-state index contributed by atoms with van der Waals surface area (Å²) >= 11 is 0. The second kappa shape index (κ2) is 7.98. The Labute approximate surface area is 224 Å². The van der Waals surface area contributed by atoms with E-state index in [1.54, 1.807) is 0 Å². The second-order valence-corrected chi connectivity index (χ2v) is 13.4. The van der Waals surface area contributed by atoms with Gasteiger partial charge in [-0.2, -0.15) is 0 Å². The summed E-state index contributed by atoms with van der Waals surface area (Å²) in [6, 6.07) is 9.06. The Kier molecular flexibility index (Phi) is 4.99. The lowest BCUT2D eigenvalue weighted by molar-refractivity contribution is -0.167. The Morgan fingerprint density at radius 3 is 2.84 bits per heavy atom. The number of benzene rings is 1. The fourth-order valence-corrected chi connectivity index (χ4v) is 9.76. The van der Waals surface area contributed by atoms with E-state index in [4.69, 9.17) is 10.5 Å². The van der Waals surface area contributed by atoms with Crippen LogP contribution in [0.5, 0.6) is 0 Å². The SMILES string of the molecule is C[C@]12CC=C3C=C4[C@@H](O)[C@@H](O)[C@@H](N5CC[C@@H](N)C5)C[C@]45CCC3(O5)[C@@H]1CC[C@@H]2c1ccc2ccncc2c1. The Hall–Kier alpha value is -2.09. The van der Waals surface area contributed by atoms with Gasteiger partial charge in [-0.1, -0.05) is 31.2 Å². The molecule has 8 rings (SSSR count). The molecule has 6 nitrogen and oxygen atoms in total. The molecule has 200 valence electrons. The molecule has 2 saturated carbocycles. The van der Waals surface area contributed by atoms with Gasteiger partial charge in [0.1, 0.15) is 6.10 Å². The fourth-order valence-electron chi connectivity index (χ4n) is 9.76. The maximum Gasteiger partial charge on any atom is 0.105 e. The molecule has 2 saturated heterocycles. The average Bonchev–Trinajstić information content (AvgIpc) is 3.60. The van der Waals surface area contributed by atoms with E-state index < -0.39 is 17.8 Å². The Morgan fingerprint density at radius 2 is 2.00 bits per heavy atom. The molecule has 2 aromatic rings. The normalized spacial score (nSPS) is 45.9. The molecule has 4 N–H and O–H groups in total. The van der Waals surface area contributed by atoms with Crippen molar-refractivity contribution in [2.24, 2.45) is 17.1 Å². The molecule has 4 heterocycles. The lowest BCUT2D eigenvalue weighted by atomic mass is 9.58. The van der Waals surface area contributed by atoms with Gasteiger partial charge in [0.15, 0.2) is 0 Å². The molecule has 9 atom stereocenters. The van der Waals surface area contributed by atoms with Gasteiger partial charge in [0.05, 0.1) is 17.3 Å². The van der Waals surface area contributed by atoms with Crippen LogP contribution in [0.3, 0.4) is 0 Å². The van der Waals surface area contributed by atoms with Gasteiger partial charge in [0, 0.05) is 43.0 Å². The zero-order chi connectivity index (χ0) is 25.9. The van der Waals surface area contributed by atoms with Crippen molar-refractivity contribution in [1.29, 1.82) is 0 Å². The van der Waals surface area contributed by atoms with Crippen LogP contribution in [0.15, 0.2) is 60.0 Å². The number of likely N-dealkylation sites (tertiary alicyclic amines) is 1. The van der Waals surface area contributed by atoms with Crippen LogP contribution in [0.4, 0.5) is 0 Å². The van der Waals surface area contributed by atoms with Gasteiger partial charge in [0.25, 0.3) is 0 Å². The molecule has 2 spiro atoms. The number of nitrogens with two attached hydrogens (primary N) is 1. The number of nitrogens with zero attached hydrogens (tertiary/aromatic N) is 2. The van der Waals surface area contributed by atoms with Crippen molar-refractivity contribution in [3.63, 3.8) is 0 Å². The van der Waals surface area contributed by atoms with Crippen LogP contribution < -0.4 is 5.73 Å². The molecule has 2 bridgehead atoms. The third-order valence-electron chi connectivity index (χ3n) is 11.6. The van der Waals surface area contributed by atoms with Crippen molar-refractivity contribution in [3.05, 3.63) is 65.5 Å². The number of hydrogen-bond acceptors (Lipinski definition) is 6. The zero-order valence-corrected chi connectivity index (χ0v) is 22.2. The highest BCUT2D eigenvalue weighted by molar-refractivity contribution is 5.82. The number of aromatic nitrogens is 1. The summed E-state index contributed by atoms with van der Waals surface area (Å²) in [5.74, 6) is 0.914. The molecule has 3 aliphatic carbocycles. The van der Waals surface area contributed by atoms with Gasteiger partial charge in [-0.25, -0.2) is 0 Å². The van der Waals surface area contributed by atoms with E-state index in [9.17, 15) is 10.2 Å². The first-order chi connectivity index (χ1) is 18.3. The Morgan fingerprint density at radius 1 is 1.11 bits per heavy atom. The number of aliphatic hydroxyl groups excluding tert-OH is 2. The van der Waals surface area contributed by atoms with E-state index in [1.807, 2.05) is 12.4 Å². The molecule has 1 aromatic carbocycles. The topological polar surface area (TPSA) is 91.8 Å². The van der Waals surface area contributed by atoms with Gasteiger partial charge >= 0.3 is 0 Å². The van der Waals surface area contributed by atoms with Gasteiger partial charge in [-0.3, -0.25) is 9.88 Å². The summed E-state index contributed by atoms with van der Waals surface area (Å²) in [7, 11) is 0. The third-order valence-corrected chi connectivity index (χ3v) is 11.6. The van der Waals surface area contributed by atoms with Crippen LogP contribution in [0, 0.1) is 11.3 Å². The fraction of sp³-hybridized carbons (Fsp3) is 0.594. The van der Waals surface area contributed by atoms with E-state index in [0.29, 0.717) is 11.8 Å². The summed E-state index contributed by atoms with van der Waals surface area (Å²) in [5.41, 5.74) is 9.14. The molecular weight excluding hydrogens is 474 g/mol. The quantitative estimate of drug-likeness (QED) is 0.566. The number of aliphatic hydroxyl groups is 2. The van der Waals surface area contributed by atoms with E-state index in [0.717, 1.165) is 57.2 Å². The van der Waals surface area contributed by atoms with E-state index in [-0.39, 0.29) is 23.1 Å². The largest absolute Gasteiger partial charge is 0.388 e. The molecular formula is C32H39N3O3. The Balaban J connectivity index is 1.16. The van der Waals surface area contributed by atoms with Crippen molar-refractivity contribution in [2.45, 2.75) is 93.3 Å². The molecule has 38 heavy (non-hydrogen) atoms. The molecule has 0 amide bonds. The molecule has 3 aliphatic heterocycles. The molecule has 0 radical (unpaired) electrons. The van der Waals surface area contributed by atoms with E-state index >= 15 is 0 Å². The predicted molar refractivity (Wildman–Crippen MR) is 146 cm³/mol. The van der Waals surface area contributed by atoms with Crippen molar-refractivity contribution in [1.82, 2.24) is 9.88 Å². The lowest BCUT2D eigenvalue weighted by Gasteiger charge is -2.56. The number of fused-ring (bicyclic) bond motifs is 2. The highest BCUT2D eigenvalue weighted by atomic mass is 16.5. The number of allylic oxidation sites excluding steroid dienone is 1. The molecule has 4 fully saturated rings. The highest BCUT2D eigenvalue weighted by Crippen LogP contribution is 2.69. The first-order valence-electron chi connectivity index (χ1n) is 14.7. The van der Waals surface area contributed by atoms with Crippen LogP contribution in [0.2, 0.25) is 0 Å². The monoisotopic (exact) mass is 513 g/mol. The first-order valence-corrected chi connectivity index (χ1v) is 14.7. The summed E-state index contributed by atoms with van der Waals surface area (Å²) in [6.45, 7) is 4.15. The van der Waals surface area contributed by atoms with Crippen LogP contribution in [-0.2, 0) is 4.74 Å². The van der Waals surface area contributed by atoms with Gasteiger partial charge in [-0.15, -0.1) is 0 Å². The molecule has 1 unspecified atom stereocenters. The minimum atomic E-state index is -0.890. The minimum Gasteiger partial charge on any atom is -0.388 e. The van der Waals surface area contributed by atoms with Crippen LogP contribution in [0.1, 0.15) is 63.4 Å². The van der Waals surface area contributed by atoms with Gasteiger partial charge in [-0.05, 0) is 96.4 Å². The van der Waals surface area contributed by atoms with Crippen molar-refractivity contribution in [3.8, 4) is 0 Å². The summed E-state index contributed by atoms with van der Waals surface area (Å²) < 4.78 is 7.37. The first kappa shape index (κ1) is 23.8. The second-order valence-electron chi connectivity index (χ2n) is 13.4. The summed E-state index contributed by atoms with van der Waals surface area (Å²) in [4.78, 5) is 6.67. The van der Waals surface area contributed by atoms with Crippen molar-refractivity contribution >= 4 is 10.8 Å². The van der Waals surface area contributed by atoms with Crippen LogP contribution >= 0.6 is 0 Å². The van der Waals surface area contributed by atoms with E-state index in [1.165, 1.54) is 28.3 Å². The van der Waals surface area contributed by atoms with Crippen LogP contribution in [0.25, 0.3) is 10.8 Å². The van der Waals surface area contributed by atoms with Gasteiger partial charge in [0.2, 0.25) is 0 Å². The van der Waals surface area contributed by atoms with Crippen molar-refractivity contribution in [2.75, 3.05) is 13.1 Å². The summed E-state index contributed by atoms with van der Waals surface area (Å²) in [6.07, 6.45) is 13.7. The van der Waals surface area contributed by atoms with E-state index in [2.05, 4.69) is 53.2 Å². The Bertz CT molecular complexity index is 1370. The number of hydrogen-bond donors (Lipinski definition) is 3. The molecule has 6 aliphatic rings. The maximum atomic E-state index is 11.4. The average molecular weight is 514 g/mol. The standard InChI is InChI=1S/C32H39N3O3/c1-30-9-6-22-15-25-28(36)29(37)26(35-13-8-23(33)18-35)16-31(25)10-11-32(22,38-31)27(30)5-4-24(30)20-3-2-19-7-12-34-17-21(19)14-20/h2-3,6-7,12,14-15,17,23-24,26-29,36-37H,4-5,8-11,13,16,18,33H2,1H3/t23-,24-,26+,27-,28-,29+,30-,31-,32?/m1/s1. The number of ether oxygens (including phenoxy) is 1. The highest BCUT2D eigenvalue weighted by Gasteiger charge is 2.68. The smallest absolute Gasteiger partial charge is 0.105 e. The maximum absolute atomic E-state index is 11.4. The van der Waals surface area contributed by atoms with Crippen LogP contribution in [-0.4, -0.2) is 68.7 Å². The molecule has 1 aromatic heterocycles. The minimum absolute atomic E-state index is 0.115. The lowest BCUT2D eigenvalue weighted by Crippen LogP contribution is -2.62. The zero-order valence-electron chi connectivity index (χ0n) is 22.2. The van der Waals surface area contributed by atoms with Crippen molar-refractivity contribution < 1.29 is 14.9 Å².